The van der Waals surface area contributed by atoms with Gasteiger partial charge in [-0.25, -0.2) is 0 Å². The van der Waals surface area contributed by atoms with Crippen molar-refractivity contribution in [2.45, 2.75) is 24.4 Å². The van der Waals surface area contributed by atoms with E-state index in [1.165, 1.54) is 0 Å². The van der Waals surface area contributed by atoms with Gasteiger partial charge in [0.25, 0.3) is 0 Å². The molecule has 1 aliphatic rings. The molecule has 3 atom stereocenters. The molecule has 0 amide bonds. The van der Waals surface area contributed by atoms with Crippen LogP contribution in [0.5, 0.6) is 0 Å². The van der Waals surface area contributed by atoms with Gasteiger partial charge in [-0.1, -0.05) is 0 Å². The highest BCUT2D eigenvalue weighted by Crippen LogP contribution is 2.42. The quantitative estimate of drug-likeness (QED) is 0.730. The third-order valence-corrected chi connectivity index (χ3v) is 2.62. The summed E-state index contributed by atoms with van der Waals surface area (Å²) < 4.78 is 47.3. The molecule has 0 bridgehead atoms. The second-order valence-electron chi connectivity index (χ2n) is 3.62. The topological polar surface area (TPSA) is 68.1 Å². The first-order valence-electron chi connectivity index (χ1n) is 4.69. The lowest BCUT2D eigenvalue weighted by Gasteiger charge is -2.38. The molecule has 0 saturated carbocycles. The number of ether oxygens (including phenoxy) is 2. The number of aliphatic hydroxyl groups is 1. The molecule has 17 heavy (non-hydrogen) atoms. The van der Waals surface area contributed by atoms with Crippen molar-refractivity contribution in [3.8, 4) is 0 Å². The summed E-state index contributed by atoms with van der Waals surface area (Å²) in [7, 11) is 2.10. The molecule has 1 aliphatic heterocycles. The van der Waals surface area contributed by atoms with Gasteiger partial charge in [-0.2, -0.15) is 13.2 Å². The first-order valence-corrected chi connectivity index (χ1v) is 4.69. The van der Waals surface area contributed by atoms with Crippen LogP contribution in [-0.4, -0.2) is 49.5 Å². The lowest BCUT2D eigenvalue weighted by atomic mass is 9.82. The summed E-state index contributed by atoms with van der Waals surface area (Å²) in [4.78, 5) is 14.8. The van der Waals surface area contributed by atoms with Gasteiger partial charge < -0.3 is 14.6 Å². The molecule has 8 heteroatoms. The van der Waals surface area contributed by atoms with Crippen LogP contribution in [0.25, 0.3) is 0 Å². The molecule has 0 aromatic rings. The van der Waals surface area contributed by atoms with Crippen molar-refractivity contribution in [1.29, 1.82) is 0 Å². The van der Waals surface area contributed by atoms with Crippen LogP contribution in [0, 0.1) is 5.92 Å². The van der Waals surface area contributed by atoms with E-state index in [0.717, 1.165) is 20.4 Å². The van der Waals surface area contributed by atoms with Crippen molar-refractivity contribution >= 4 is 12.2 Å². The van der Waals surface area contributed by atoms with Crippen molar-refractivity contribution in [3.63, 3.8) is 0 Å². The fourth-order valence-corrected chi connectivity index (χ4v) is 1.57. The maximum Gasteiger partial charge on any atom is 0.418 e. The summed E-state index contributed by atoms with van der Waals surface area (Å²) in [5.41, 5.74) is -3.22. The van der Waals surface area contributed by atoms with E-state index in [-0.39, 0.29) is 0 Å². The minimum absolute atomic E-state index is 0.719. The van der Waals surface area contributed by atoms with E-state index in [1.807, 2.05) is 0 Å². The average Bonchev–Trinajstić information content (AvgIpc) is 2.26. The van der Waals surface area contributed by atoms with Crippen molar-refractivity contribution in [2.24, 2.45) is 10.9 Å². The maximum atomic E-state index is 12.8. The molecule has 1 rings (SSSR count). The van der Waals surface area contributed by atoms with Gasteiger partial charge in [0.05, 0.1) is 7.11 Å². The van der Waals surface area contributed by atoms with E-state index in [4.69, 9.17) is 0 Å². The van der Waals surface area contributed by atoms with Crippen LogP contribution < -0.4 is 0 Å². The van der Waals surface area contributed by atoms with Crippen LogP contribution in [-0.2, 0) is 14.3 Å². The smallest absolute Gasteiger partial charge is 0.418 e. The predicted octanol–water partition coefficient (Wildman–Crippen LogP) is 0.516. The zero-order chi connectivity index (χ0) is 13.3. The standard InChI is InChI=1S/C9H12F3NO4/c1-16-6-3-8(15,9(10,11)12)5(4-13-6)7(14)17-2/h4-6,15H,3H2,1-2H3. The lowest BCUT2D eigenvalue weighted by Crippen LogP contribution is -2.58. The summed E-state index contributed by atoms with van der Waals surface area (Å²) in [6.07, 6.45) is -6.24. The molecule has 3 unspecified atom stereocenters. The number of methoxy groups -OCH3 is 2. The second-order valence-corrected chi connectivity index (χ2v) is 3.62. The summed E-state index contributed by atoms with van der Waals surface area (Å²) >= 11 is 0. The number of hydrogen-bond donors (Lipinski definition) is 1. The summed E-state index contributed by atoms with van der Waals surface area (Å²) in [5.74, 6) is -3.07. The van der Waals surface area contributed by atoms with E-state index in [1.54, 1.807) is 0 Å². The highest BCUT2D eigenvalue weighted by Gasteiger charge is 2.62. The first-order chi connectivity index (χ1) is 7.76. The number of carbonyl (C=O) groups is 1. The number of hydrogen-bond acceptors (Lipinski definition) is 5. The largest absolute Gasteiger partial charge is 0.468 e. The lowest BCUT2D eigenvalue weighted by molar-refractivity contribution is -0.281. The average molecular weight is 255 g/mol. The predicted molar refractivity (Wildman–Crippen MR) is 50.4 cm³/mol. The molecule has 98 valence electrons. The summed E-state index contributed by atoms with van der Waals surface area (Å²) in [6, 6.07) is 0. The Morgan fingerprint density at radius 1 is 1.53 bits per heavy atom. The molecule has 0 aromatic heterocycles. The SMILES string of the molecule is COC(=O)C1C=NC(OC)CC1(O)C(F)(F)F. The number of carbonyl (C=O) groups excluding carboxylic acids is 1. The van der Waals surface area contributed by atoms with E-state index >= 15 is 0 Å². The van der Waals surface area contributed by atoms with Crippen molar-refractivity contribution in [1.82, 2.24) is 0 Å². The third-order valence-electron chi connectivity index (χ3n) is 2.62. The van der Waals surface area contributed by atoms with Gasteiger partial charge in [0, 0.05) is 19.7 Å². The maximum absolute atomic E-state index is 12.8. The summed E-state index contributed by atoms with van der Waals surface area (Å²) in [6.45, 7) is 0. The Kier molecular flexibility index (Phi) is 3.78. The molecule has 1 heterocycles. The third kappa shape index (κ3) is 2.42. The van der Waals surface area contributed by atoms with E-state index in [2.05, 4.69) is 14.5 Å². The van der Waals surface area contributed by atoms with Gasteiger partial charge in [0.1, 0.15) is 5.92 Å². The van der Waals surface area contributed by atoms with Crippen LogP contribution in [0.2, 0.25) is 0 Å². The van der Waals surface area contributed by atoms with Gasteiger partial charge in [-0.05, 0) is 0 Å². The minimum Gasteiger partial charge on any atom is -0.468 e. The Bertz CT molecular complexity index is 331. The Balaban J connectivity index is 3.12. The Morgan fingerprint density at radius 3 is 2.53 bits per heavy atom. The number of esters is 1. The molecular formula is C9H12F3NO4. The van der Waals surface area contributed by atoms with Crippen LogP contribution in [0.3, 0.4) is 0 Å². The van der Waals surface area contributed by atoms with Crippen molar-refractivity contribution < 1.29 is 32.5 Å². The molecule has 0 aliphatic carbocycles. The first kappa shape index (κ1) is 13.9. The van der Waals surface area contributed by atoms with E-state index in [0.29, 0.717) is 0 Å². The Morgan fingerprint density at radius 2 is 2.12 bits per heavy atom. The van der Waals surface area contributed by atoms with Gasteiger partial charge in [-0.15, -0.1) is 0 Å². The fraction of sp³-hybridized carbons (Fsp3) is 0.778. The van der Waals surface area contributed by atoms with E-state index in [9.17, 15) is 23.1 Å². The normalized spacial score (nSPS) is 33.5. The highest BCUT2D eigenvalue weighted by atomic mass is 19.4. The number of alkyl halides is 3. The van der Waals surface area contributed by atoms with Gasteiger partial charge >= 0.3 is 12.1 Å². The zero-order valence-corrected chi connectivity index (χ0v) is 9.19. The molecule has 0 radical (unpaired) electrons. The molecule has 0 spiro atoms. The monoisotopic (exact) mass is 255 g/mol. The van der Waals surface area contributed by atoms with Gasteiger partial charge in [0.2, 0.25) is 0 Å². The number of nitrogens with zero attached hydrogens (tertiary/aromatic N) is 1. The summed E-state index contributed by atoms with van der Waals surface area (Å²) in [5, 5.41) is 9.67. The molecular weight excluding hydrogens is 243 g/mol. The molecule has 0 aromatic carbocycles. The minimum atomic E-state index is -4.98. The van der Waals surface area contributed by atoms with Crippen LogP contribution in [0.15, 0.2) is 4.99 Å². The van der Waals surface area contributed by atoms with Gasteiger partial charge in [-0.3, -0.25) is 9.79 Å². The fourth-order valence-electron chi connectivity index (χ4n) is 1.57. The Labute approximate surface area is 95.2 Å². The van der Waals surface area contributed by atoms with Crippen molar-refractivity contribution in [2.75, 3.05) is 14.2 Å². The molecule has 5 nitrogen and oxygen atoms in total. The molecule has 0 fully saturated rings. The van der Waals surface area contributed by atoms with E-state index < -0.39 is 36.3 Å². The molecule has 1 N–H and O–H groups in total. The van der Waals surface area contributed by atoms with Crippen LogP contribution >= 0.6 is 0 Å². The molecule has 0 saturated heterocycles. The number of aliphatic imine (C=N–C) groups is 1. The van der Waals surface area contributed by atoms with Crippen LogP contribution in [0.4, 0.5) is 13.2 Å². The number of rotatable bonds is 2. The van der Waals surface area contributed by atoms with Crippen molar-refractivity contribution in [3.05, 3.63) is 0 Å². The zero-order valence-electron chi connectivity index (χ0n) is 9.19. The van der Waals surface area contributed by atoms with Gasteiger partial charge in [0.15, 0.2) is 11.8 Å². The highest BCUT2D eigenvalue weighted by molar-refractivity contribution is 5.92. The second kappa shape index (κ2) is 4.61. The Hall–Kier alpha value is -1.15. The van der Waals surface area contributed by atoms with Crippen LogP contribution in [0.1, 0.15) is 6.42 Å². The number of halogens is 3.